The molecule has 1 aromatic carbocycles. The Morgan fingerprint density at radius 2 is 1.81 bits per heavy atom. The summed E-state index contributed by atoms with van der Waals surface area (Å²) in [5, 5.41) is 10.2. The van der Waals surface area contributed by atoms with E-state index in [-0.39, 0.29) is 17.2 Å². The number of alkyl halides is 3. The number of hydrogen-bond donors (Lipinski definition) is 2. The van der Waals surface area contributed by atoms with Crippen LogP contribution in [-0.4, -0.2) is 13.5 Å². The van der Waals surface area contributed by atoms with Crippen molar-refractivity contribution < 1.29 is 26.7 Å². The van der Waals surface area contributed by atoms with Crippen molar-refractivity contribution >= 4 is 27.0 Å². The van der Waals surface area contributed by atoms with Gasteiger partial charge in [0.25, 0.3) is 10.0 Å². The molecule has 0 saturated heterocycles. The minimum atomic E-state index is -4.47. The minimum Gasteiger partial charge on any atom is -0.391 e. The van der Waals surface area contributed by atoms with Crippen molar-refractivity contribution in [1.29, 1.82) is 0 Å². The van der Waals surface area contributed by atoms with Crippen LogP contribution in [0.1, 0.15) is 10.4 Å². The first-order chi connectivity index (χ1) is 9.72. The highest BCUT2D eigenvalue weighted by Crippen LogP contribution is 2.30. The monoisotopic (exact) mass is 337 g/mol. The van der Waals surface area contributed by atoms with Crippen molar-refractivity contribution in [3.63, 3.8) is 0 Å². The molecule has 0 saturated carbocycles. The number of anilines is 1. The molecule has 0 atom stereocenters. The Balaban J connectivity index is 2.21. The third-order valence-electron chi connectivity index (χ3n) is 2.56. The van der Waals surface area contributed by atoms with Gasteiger partial charge in [0.05, 0.1) is 17.1 Å². The number of rotatable bonds is 4. The average molecular weight is 337 g/mol. The van der Waals surface area contributed by atoms with Gasteiger partial charge < -0.3 is 5.11 Å². The Morgan fingerprint density at radius 1 is 1.19 bits per heavy atom. The fourth-order valence-electron chi connectivity index (χ4n) is 1.53. The van der Waals surface area contributed by atoms with E-state index in [1.807, 2.05) is 0 Å². The molecule has 0 aliphatic rings. The lowest BCUT2D eigenvalue weighted by atomic mass is 10.2. The summed E-state index contributed by atoms with van der Waals surface area (Å²) in [4.78, 5) is 0.430. The maximum atomic E-state index is 12.4. The number of thiophene rings is 1. The third kappa shape index (κ3) is 3.74. The first-order valence-electron chi connectivity index (χ1n) is 5.61. The highest BCUT2D eigenvalue weighted by molar-refractivity contribution is 7.92. The van der Waals surface area contributed by atoms with Crippen LogP contribution in [0.15, 0.2) is 40.6 Å². The van der Waals surface area contributed by atoms with Gasteiger partial charge in [-0.3, -0.25) is 4.72 Å². The first-order valence-corrected chi connectivity index (χ1v) is 7.97. The van der Waals surface area contributed by atoms with Crippen LogP contribution in [-0.2, 0) is 22.8 Å². The van der Waals surface area contributed by atoms with Crippen molar-refractivity contribution in [2.75, 3.05) is 4.72 Å². The van der Waals surface area contributed by atoms with Crippen molar-refractivity contribution in [3.8, 4) is 0 Å². The molecule has 1 heterocycles. The zero-order valence-corrected chi connectivity index (χ0v) is 12.0. The molecule has 21 heavy (non-hydrogen) atoms. The van der Waals surface area contributed by atoms with Crippen LogP contribution in [0.3, 0.4) is 0 Å². The maximum absolute atomic E-state index is 12.4. The van der Waals surface area contributed by atoms with Gasteiger partial charge in [-0.25, -0.2) is 8.42 Å². The predicted molar refractivity (Wildman–Crippen MR) is 72.5 cm³/mol. The molecular weight excluding hydrogens is 327 g/mol. The van der Waals surface area contributed by atoms with E-state index in [4.69, 9.17) is 5.11 Å². The standard InChI is InChI=1S/C12H10F3NO3S2/c13-12(14,15)8-1-3-9(4-2-8)16-21(18,19)11-5-10(6-17)20-7-11/h1-5,7,16-17H,6H2. The quantitative estimate of drug-likeness (QED) is 0.901. The summed E-state index contributed by atoms with van der Waals surface area (Å²) < 4.78 is 63.4. The number of aliphatic hydroxyl groups is 1. The number of hydrogen-bond acceptors (Lipinski definition) is 4. The normalized spacial score (nSPS) is 12.4. The number of nitrogens with one attached hydrogen (secondary N) is 1. The van der Waals surface area contributed by atoms with Crippen LogP contribution >= 0.6 is 11.3 Å². The van der Waals surface area contributed by atoms with Crippen molar-refractivity contribution in [3.05, 3.63) is 46.2 Å². The van der Waals surface area contributed by atoms with Gasteiger partial charge in [0.2, 0.25) is 0 Å². The Morgan fingerprint density at radius 3 is 2.29 bits per heavy atom. The van der Waals surface area contributed by atoms with E-state index in [2.05, 4.69) is 4.72 Å². The number of halogens is 3. The van der Waals surface area contributed by atoms with Crippen LogP contribution in [0.2, 0.25) is 0 Å². The smallest absolute Gasteiger partial charge is 0.391 e. The van der Waals surface area contributed by atoms with Gasteiger partial charge in [-0.05, 0) is 30.3 Å². The zero-order valence-electron chi connectivity index (χ0n) is 10.4. The Hall–Kier alpha value is -1.58. The second kappa shape index (κ2) is 5.66. The predicted octanol–water partition coefficient (Wildman–Crippen LogP) is 3.06. The number of aliphatic hydroxyl groups excluding tert-OH is 1. The SMILES string of the molecule is O=S(=O)(Nc1ccc(C(F)(F)F)cc1)c1csc(CO)c1. The number of benzene rings is 1. The van der Waals surface area contributed by atoms with Crippen molar-refractivity contribution in [2.24, 2.45) is 0 Å². The highest BCUT2D eigenvalue weighted by Gasteiger charge is 2.30. The Bertz CT molecular complexity index is 721. The molecule has 0 aliphatic carbocycles. The topological polar surface area (TPSA) is 66.4 Å². The van der Waals surface area contributed by atoms with Crippen LogP contribution < -0.4 is 4.72 Å². The lowest BCUT2D eigenvalue weighted by Gasteiger charge is -2.09. The second-order valence-corrected chi connectivity index (χ2v) is 6.77. The van der Waals surface area contributed by atoms with Crippen LogP contribution in [0.25, 0.3) is 0 Å². The molecule has 0 fully saturated rings. The van der Waals surface area contributed by atoms with Crippen molar-refractivity contribution in [2.45, 2.75) is 17.7 Å². The molecule has 0 unspecified atom stereocenters. The van der Waals surface area contributed by atoms with Crippen molar-refractivity contribution in [1.82, 2.24) is 0 Å². The van der Waals surface area contributed by atoms with Gasteiger partial charge in [-0.1, -0.05) is 0 Å². The third-order valence-corrected chi connectivity index (χ3v) is 4.99. The van der Waals surface area contributed by atoms with E-state index < -0.39 is 21.8 Å². The summed E-state index contributed by atoms with van der Waals surface area (Å²) in [6.45, 7) is -0.277. The molecule has 0 aliphatic heterocycles. The van der Waals surface area contributed by atoms with E-state index in [0.29, 0.717) is 4.88 Å². The molecule has 0 radical (unpaired) electrons. The van der Waals surface area contributed by atoms with Gasteiger partial charge >= 0.3 is 6.18 Å². The van der Waals surface area contributed by atoms with E-state index >= 15 is 0 Å². The lowest BCUT2D eigenvalue weighted by Crippen LogP contribution is -2.12. The van der Waals surface area contributed by atoms with Gasteiger partial charge in [-0.2, -0.15) is 13.2 Å². The molecule has 2 N–H and O–H groups in total. The Labute approximate surface area is 122 Å². The fourth-order valence-corrected chi connectivity index (χ4v) is 3.72. The lowest BCUT2D eigenvalue weighted by molar-refractivity contribution is -0.137. The molecule has 0 bridgehead atoms. The Kier molecular flexibility index (Phi) is 4.26. The molecule has 114 valence electrons. The molecule has 2 aromatic rings. The second-order valence-electron chi connectivity index (χ2n) is 4.09. The molecule has 4 nitrogen and oxygen atoms in total. The molecule has 1 aromatic heterocycles. The zero-order chi connectivity index (χ0) is 15.7. The van der Waals surface area contributed by atoms with E-state index in [0.717, 1.165) is 35.6 Å². The summed E-state index contributed by atoms with van der Waals surface area (Å²) >= 11 is 1.07. The molecule has 9 heteroatoms. The van der Waals surface area contributed by atoms with Crippen LogP contribution in [0.4, 0.5) is 18.9 Å². The maximum Gasteiger partial charge on any atom is 0.416 e. The van der Waals surface area contributed by atoms with E-state index in [1.165, 1.54) is 11.4 Å². The number of sulfonamides is 1. The van der Waals surface area contributed by atoms with Crippen LogP contribution in [0, 0.1) is 0 Å². The minimum absolute atomic E-state index is 0.0275. The largest absolute Gasteiger partial charge is 0.416 e. The molecule has 2 rings (SSSR count). The summed E-state index contributed by atoms with van der Waals surface area (Å²) in [5.74, 6) is 0. The molecule has 0 amide bonds. The van der Waals surface area contributed by atoms with Gasteiger partial charge in [0.15, 0.2) is 0 Å². The van der Waals surface area contributed by atoms with Gasteiger partial charge in [0, 0.05) is 15.9 Å². The summed E-state index contributed by atoms with van der Waals surface area (Å²) in [6, 6.07) is 4.98. The fraction of sp³-hybridized carbons (Fsp3) is 0.167. The molecule has 0 spiro atoms. The molecular formula is C12H10F3NO3S2. The summed E-state index contributed by atoms with van der Waals surface area (Å²) in [6.07, 6.45) is -4.47. The van der Waals surface area contributed by atoms with Gasteiger partial charge in [-0.15, -0.1) is 11.3 Å². The summed E-state index contributed by atoms with van der Waals surface area (Å²) in [5.41, 5.74) is -0.830. The van der Waals surface area contributed by atoms with E-state index in [9.17, 15) is 21.6 Å². The van der Waals surface area contributed by atoms with E-state index in [1.54, 1.807) is 0 Å². The summed E-state index contributed by atoms with van der Waals surface area (Å²) in [7, 11) is -3.88. The first kappa shape index (κ1) is 15.8. The van der Waals surface area contributed by atoms with Crippen LogP contribution in [0.5, 0.6) is 0 Å². The van der Waals surface area contributed by atoms with Gasteiger partial charge in [0.1, 0.15) is 0 Å². The highest BCUT2D eigenvalue weighted by atomic mass is 32.2. The average Bonchev–Trinajstić information content (AvgIpc) is 2.87.